The number of aliphatic hydroxyl groups excluding tert-OH is 1. The lowest BCUT2D eigenvalue weighted by Crippen LogP contribution is -2.27. The second-order valence-electron chi connectivity index (χ2n) is 13.2. The van der Waals surface area contributed by atoms with Crippen LogP contribution >= 0.6 is 7.82 Å². The van der Waals surface area contributed by atoms with Gasteiger partial charge >= 0.3 is 13.8 Å². The van der Waals surface area contributed by atoms with Gasteiger partial charge in [0.05, 0.1) is 13.2 Å². The topological polar surface area (TPSA) is 131 Å². The molecule has 0 aliphatic rings. The Morgan fingerprint density at radius 1 is 0.593 bits per heavy atom. The lowest BCUT2D eigenvalue weighted by atomic mass is 10.1. The molecule has 10 heteroatoms. The number of nitrogens with one attached hydrogen (secondary N) is 1. The van der Waals surface area contributed by atoms with Crippen LogP contribution in [0.25, 0.3) is 0 Å². The van der Waals surface area contributed by atoms with Crippen LogP contribution in [0.2, 0.25) is 0 Å². The number of aliphatic hydroxyl groups is 1. The summed E-state index contributed by atoms with van der Waals surface area (Å²) in [4.78, 5) is 33.8. The molecular formula is C44H74NO8P. The van der Waals surface area contributed by atoms with Crippen LogP contribution in [0.3, 0.4) is 0 Å². The van der Waals surface area contributed by atoms with Crippen LogP contribution in [-0.4, -0.2) is 54.3 Å². The van der Waals surface area contributed by atoms with Gasteiger partial charge in [-0.05, 0) is 89.9 Å². The van der Waals surface area contributed by atoms with Crippen LogP contribution in [0.15, 0.2) is 85.1 Å². The van der Waals surface area contributed by atoms with E-state index in [-0.39, 0.29) is 32.1 Å². The number of esters is 1. The lowest BCUT2D eigenvalue weighted by molar-refractivity contribution is -0.147. The molecule has 1 amide bonds. The number of carbonyl (C=O) groups excluding carboxylic acids is 2. The van der Waals surface area contributed by atoms with E-state index in [1.807, 2.05) is 0 Å². The Bertz CT molecular complexity index is 1160. The van der Waals surface area contributed by atoms with Crippen molar-refractivity contribution in [3.8, 4) is 0 Å². The largest absolute Gasteiger partial charge is 0.472 e. The van der Waals surface area contributed by atoms with Crippen molar-refractivity contribution in [3.63, 3.8) is 0 Å². The van der Waals surface area contributed by atoms with E-state index in [0.29, 0.717) is 6.42 Å². The van der Waals surface area contributed by atoms with Gasteiger partial charge in [0.15, 0.2) is 0 Å². The summed E-state index contributed by atoms with van der Waals surface area (Å²) in [6, 6.07) is 0. The van der Waals surface area contributed by atoms with Gasteiger partial charge in [-0.2, -0.15) is 0 Å². The third kappa shape index (κ3) is 40.4. The van der Waals surface area contributed by atoms with E-state index in [2.05, 4.69) is 104 Å². The SMILES string of the molecule is CC/C=C\C/C=C\C/C=C\C/C=C\C/C=C\C/C=C\CCCCC(=O)NCCOP(=O)(O)OCC(O)COC(=O)CCCCCCC/C=C\CCCCC. The molecule has 0 aromatic heterocycles. The normalized spacial score (nSPS) is 14.2. The summed E-state index contributed by atoms with van der Waals surface area (Å²) < 4.78 is 26.8. The Morgan fingerprint density at radius 3 is 1.63 bits per heavy atom. The highest BCUT2D eigenvalue weighted by Gasteiger charge is 2.23. The summed E-state index contributed by atoms with van der Waals surface area (Å²) in [6.45, 7) is 3.32. The Morgan fingerprint density at radius 2 is 1.06 bits per heavy atom. The zero-order valence-electron chi connectivity index (χ0n) is 33.6. The molecule has 0 aromatic rings. The monoisotopic (exact) mass is 776 g/mol. The quantitative estimate of drug-likeness (QED) is 0.0246. The standard InChI is InChI=1S/C44H74NO8P/c1-3-5-7-9-11-13-15-17-18-19-20-21-22-23-24-25-26-28-30-32-34-36-43(47)45-38-39-52-54(49,50)53-41-42(46)40-51-44(48)37-35-33-31-29-27-16-14-12-10-8-6-4-2/h5,7,11-14,17-18,20-21,23-24,26,28,42,46H,3-4,6,8-10,15-16,19,22,25,27,29-41H2,1-2H3,(H,45,47)(H,49,50)/b7-5-,13-11-,14-12-,18-17-,21-20-,24-23-,28-26-. The highest BCUT2D eigenvalue weighted by Crippen LogP contribution is 2.42. The van der Waals surface area contributed by atoms with E-state index in [9.17, 15) is 24.2 Å². The first-order valence-electron chi connectivity index (χ1n) is 20.6. The Balaban J connectivity index is 3.73. The average Bonchev–Trinajstić information content (AvgIpc) is 3.16. The highest BCUT2D eigenvalue weighted by molar-refractivity contribution is 7.47. The third-order valence-corrected chi connectivity index (χ3v) is 9.04. The molecule has 0 saturated heterocycles. The minimum Gasteiger partial charge on any atom is -0.463 e. The molecule has 0 bridgehead atoms. The summed E-state index contributed by atoms with van der Waals surface area (Å²) in [6.07, 6.45) is 49.5. The predicted molar refractivity (Wildman–Crippen MR) is 224 cm³/mol. The zero-order valence-corrected chi connectivity index (χ0v) is 34.5. The lowest BCUT2D eigenvalue weighted by Gasteiger charge is -2.15. The summed E-state index contributed by atoms with van der Waals surface area (Å²) in [5.74, 6) is -0.579. The molecular weight excluding hydrogens is 701 g/mol. The number of hydrogen-bond acceptors (Lipinski definition) is 7. The number of phosphoric ester groups is 1. The zero-order chi connectivity index (χ0) is 39.6. The molecule has 0 rings (SSSR count). The number of unbranched alkanes of at least 4 members (excludes halogenated alkanes) is 10. The Kier molecular flexibility index (Phi) is 37.8. The first-order valence-corrected chi connectivity index (χ1v) is 22.1. The van der Waals surface area contributed by atoms with Crippen molar-refractivity contribution in [2.45, 2.75) is 155 Å². The average molecular weight is 776 g/mol. The molecule has 0 saturated carbocycles. The molecule has 2 unspecified atom stereocenters. The molecule has 0 fully saturated rings. The van der Waals surface area contributed by atoms with Gasteiger partial charge in [0, 0.05) is 19.4 Å². The summed E-state index contributed by atoms with van der Waals surface area (Å²) >= 11 is 0. The van der Waals surface area contributed by atoms with E-state index < -0.39 is 26.5 Å². The fraction of sp³-hybridized carbons (Fsp3) is 0.636. The summed E-state index contributed by atoms with van der Waals surface area (Å²) in [7, 11) is -4.43. The molecule has 9 nitrogen and oxygen atoms in total. The van der Waals surface area contributed by atoms with Crippen molar-refractivity contribution in [1.82, 2.24) is 5.32 Å². The molecule has 0 aliphatic heterocycles. The van der Waals surface area contributed by atoms with Crippen LogP contribution in [0.5, 0.6) is 0 Å². The van der Waals surface area contributed by atoms with Crippen molar-refractivity contribution in [1.29, 1.82) is 0 Å². The van der Waals surface area contributed by atoms with Gasteiger partial charge < -0.3 is 20.1 Å². The van der Waals surface area contributed by atoms with Crippen molar-refractivity contribution in [2.75, 3.05) is 26.4 Å². The molecule has 0 heterocycles. The van der Waals surface area contributed by atoms with Gasteiger partial charge in [-0.15, -0.1) is 0 Å². The molecule has 3 N–H and O–H groups in total. The van der Waals surface area contributed by atoms with Crippen molar-refractivity contribution >= 4 is 19.7 Å². The number of rotatable bonds is 37. The van der Waals surface area contributed by atoms with E-state index in [1.54, 1.807) is 0 Å². The second-order valence-corrected chi connectivity index (χ2v) is 14.7. The molecule has 0 aromatic carbocycles. The molecule has 0 aliphatic carbocycles. The molecule has 54 heavy (non-hydrogen) atoms. The highest BCUT2D eigenvalue weighted by atomic mass is 31.2. The minimum absolute atomic E-state index is 0.0518. The minimum atomic E-state index is -4.43. The van der Waals surface area contributed by atoms with E-state index in [4.69, 9.17) is 13.8 Å². The number of phosphoric acid groups is 1. The van der Waals surface area contributed by atoms with Crippen LogP contribution in [0.1, 0.15) is 149 Å². The number of ether oxygens (including phenoxy) is 1. The summed E-state index contributed by atoms with van der Waals surface area (Å²) in [5, 5.41) is 12.6. The van der Waals surface area contributed by atoms with Crippen LogP contribution in [-0.2, 0) is 27.9 Å². The maximum atomic E-state index is 12.1. The maximum Gasteiger partial charge on any atom is 0.472 e. The molecule has 0 spiro atoms. The van der Waals surface area contributed by atoms with Crippen LogP contribution in [0.4, 0.5) is 0 Å². The van der Waals surface area contributed by atoms with Gasteiger partial charge in [-0.3, -0.25) is 18.6 Å². The summed E-state index contributed by atoms with van der Waals surface area (Å²) in [5.41, 5.74) is 0. The van der Waals surface area contributed by atoms with Crippen molar-refractivity contribution in [2.24, 2.45) is 0 Å². The number of amides is 1. The van der Waals surface area contributed by atoms with Crippen molar-refractivity contribution < 1.29 is 37.9 Å². The fourth-order valence-electron chi connectivity index (χ4n) is 4.96. The Hall–Kier alpha value is -2.81. The van der Waals surface area contributed by atoms with Gasteiger partial charge in [0.2, 0.25) is 5.91 Å². The first-order chi connectivity index (χ1) is 26.3. The van der Waals surface area contributed by atoms with Gasteiger partial charge in [-0.25, -0.2) is 4.57 Å². The van der Waals surface area contributed by atoms with Crippen LogP contribution in [0, 0.1) is 0 Å². The van der Waals surface area contributed by atoms with Crippen LogP contribution < -0.4 is 5.32 Å². The van der Waals surface area contributed by atoms with Gasteiger partial charge in [-0.1, -0.05) is 131 Å². The van der Waals surface area contributed by atoms with Gasteiger partial charge in [0.25, 0.3) is 0 Å². The van der Waals surface area contributed by atoms with Crippen molar-refractivity contribution in [3.05, 3.63) is 85.1 Å². The maximum absolute atomic E-state index is 12.1. The molecule has 0 radical (unpaired) electrons. The van der Waals surface area contributed by atoms with E-state index >= 15 is 0 Å². The molecule has 2 atom stereocenters. The molecule has 308 valence electrons. The number of hydrogen-bond donors (Lipinski definition) is 3. The van der Waals surface area contributed by atoms with Gasteiger partial charge in [0.1, 0.15) is 12.7 Å². The smallest absolute Gasteiger partial charge is 0.463 e. The first kappa shape index (κ1) is 51.2. The van der Waals surface area contributed by atoms with E-state index in [0.717, 1.165) is 96.3 Å². The predicted octanol–water partition coefficient (Wildman–Crippen LogP) is 11.3. The second kappa shape index (κ2) is 39.9. The Labute approximate surface area is 328 Å². The number of carbonyl (C=O) groups is 2. The fourth-order valence-corrected chi connectivity index (χ4v) is 5.72. The number of allylic oxidation sites excluding steroid dienone is 14. The third-order valence-electron chi connectivity index (χ3n) is 8.06. The van der Waals surface area contributed by atoms with E-state index in [1.165, 1.54) is 25.7 Å².